The number of hydrogen-bond acceptors (Lipinski definition) is 6. The number of nitrogens with zero attached hydrogens (tertiary/aromatic N) is 2. The predicted octanol–water partition coefficient (Wildman–Crippen LogP) is 1.11. The molecule has 0 aliphatic carbocycles. The Kier molecular flexibility index (Phi) is 5.04. The SMILES string of the molecule is CCOC(CC)(CC)c1noc([C@@H](O)CN)n1. The molecular weight excluding hydrogens is 222 g/mol. The van der Waals surface area contributed by atoms with E-state index in [-0.39, 0.29) is 12.4 Å². The van der Waals surface area contributed by atoms with Crippen molar-refractivity contribution in [2.75, 3.05) is 13.2 Å². The fraction of sp³-hybridized carbons (Fsp3) is 0.818. The molecule has 3 N–H and O–H groups in total. The molecule has 0 spiro atoms. The molecule has 0 fully saturated rings. The fourth-order valence-corrected chi connectivity index (χ4v) is 1.77. The van der Waals surface area contributed by atoms with Gasteiger partial charge in [-0.2, -0.15) is 4.98 Å². The summed E-state index contributed by atoms with van der Waals surface area (Å²) in [6.07, 6.45) is 0.577. The highest BCUT2D eigenvalue weighted by Gasteiger charge is 2.35. The summed E-state index contributed by atoms with van der Waals surface area (Å²) in [6.45, 7) is 6.57. The van der Waals surface area contributed by atoms with E-state index < -0.39 is 11.7 Å². The van der Waals surface area contributed by atoms with E-state index in [1.165, 1.54) is 0 Å². The molecule has 0 amide bonds. The number of hydrogen-bond donors (Lipinski definition) is 2. The maximum Gasteiger partial charge on any atom is 0.256 e. The van der Waals surface area contributed by atoms with Crippen LogP contribution >= 0.6 is 0 Å². The maximum atomic E-state index is 9.52. The van der Waals surface area contributed by atoms with Crippen molar-refractivity contribution < 1.29 is 14.4 Å². The van der Waals surface area contributed by atoms with E-state index in [9.17, 15) is 5.11 Å². The standard InChI is InChI=1S/C11H21N3O3/c1-4-11(5-2,16-6-3)10-13-9(17-14-10)8(15)7-12/h8,15H,4-7,12H2,1-3H3/t8-/m0/s1. The van der Waals surface area contributed by atoms with Crippen molar-refractivity contribution in [3.63, 3.8) is 0 Å². The molecule has 0 radical (unpaired) electrons. The van der Waals surface area contributed by atoms with E-state index in [2.05, 4.69) is 10.1 Å². The quantitative estimate of drug-likeness (QED) is 0.745. The van der Waals surface area contributed by atoms with E-state index in [1.54, 1.807) is 0 Å². The second kappa shape index (κ2) is 6.09. The van der Waals surface area contributed by atoms with Gasteiger partial charge in [-0.15, -0.1) is 0 Å². The van der Waals surface area contributed by atoms with Crippen LogP contribution in [0.5, 0.6) is 0 Å². The molecule has 6 heteroatoms. The third kappa shape index (κ3) is 2.83. The minimum Gasteiger partial charge on any atom is -0.382 e. The molecule has 1 aromatic heterocycles. The smallest absolute Gasteiger partial charge is 0.256 e. The Morgan fingerprint density at radius 3 is 2.53 bits per heavy atom. The first-order valence-corrected chi connectivity index (χ1v) is 5.99. The van der Waals surface area contributed by atoms with Gasteiger partial charge in [0.2, 0.25) is 5.82 Å². The second-order valence-corrected chi connectivity index (χ2v) is 3.84. The van der Waals surface area contributed by atoms with Crippen molar-refractivity contribution in [1.29, 1.82) is 0 Å². The van der Waals surface area contributed by atoms with Crippen molar-refractivity contribution in [1.82, 2.24) is 10.1 Å². The first-order valence-electron chi connectivity index (χ1n) is 5.99. The normalized spacial score (nSPS) is 13.9. The summed E-state index contributed by atoms with van der Waals surface area (Å²) in [6, 6.07) is 0. The zero-order valence-electron chi connectivity index (χ0n) is 10.6. The first-order chi connectivity index (χ1) is 8.13. The molecule has 0 saturated carbocycles. The third-order valence-electron chi connectivity index (χ3n) is 2.92. The molecule has 0 bridgehead atoms. The first kappa shape index (κ1) is 14.1. The van der Waals surface area contributed by atoms with E-state index in [0.717, 1.165) is 12.8 Å². The highest BCUT2D eigenvalue weighted by atomic mass is 16.5. The number of ether oxygens (including phenoxy) is 1. The van der Waals surface area contributed by atoms with Crippen LogP contribution in [0, 0.1) is 0 Å². The zero-order chi connectivity index (χ0) is 12.9. The number of nitrogens with two attached hydrogens (primary N) is 1. The fourth-order valence-electron chi connectivity index (χ4n) is 1.77. The summed E-state index contributed by atoms with van der Waals surface area (Å²) in [5.41, 5.74) is 4.80. The van der Waals surface area contributed by atoms with Crippen LogP contribution in [-0.4, -0.2) is 28.4 Å². The van der Waals surface area contributed by atoms with Gasteiger partial charge in [0.1, 0.15) is 11.7 Å². The Labute approximate surface area is 101 Å². The van der Waals surface area contributed by atoms with Gasteiger partial charge in [-0.05, 0) is 19.8 Å². The zero-order valence-corrected chi connectivity index (χ0v) is 10.6. The molecule has 1 rings (SSSR count). The lowest BCUT2D eigenvalue weighted by Crippen LogP contribution is -2.30. The van der Waals surface area contributed by atoms with E-state index in [1.807, 2.05) is 20.8 Å². The van der Waals surface area contributed by atoms with Crippen molar-refractivity contribution >= 4 is 0 Å². The molecule has 98 valence electrons. The predicted molar refractivity (Wildman–Crippen MR) is 62.2 cm³/mol. The number of rotatable bonds is 7. The number of aliphatic hydroxyl groups excluding tert-OH is 1. The lowest BCUT2D eigenvalue weighted by molar-refractivity contribution is -0.0583. The lowest BCUT2D eigenvalue weighted by atomic mass is 9.96. The van der Waals surface area contributed by atoms with Crippen molar-refractivity contribution in [3.8, 4) is 0 Å². The minimum atomic E-state index is -0.913. The van der Waals surface area contributed by atoms with Crippen LogP contribution in [0.15, 0.2) is 4.52 Å². The molecule has 0 aliphatic heterocycles. The average Bonchev–Trinajstić information content (AvgIpc) is 2.85. The third-order valence-corrected chi connectivity index (χ3v) is 2.92. The van der Waals surface area contributed by atoms with Gasteiger partial charge in [-0.25, -0.2) is 0 Å². The summed E-state index contributed by atoms with van der Waals surface area (Å²) in [5.74, 6) is 0.625. The average molecular weight is 243 g/mol. The monoisotopic (exact) mass is 243 g/mol. The largest absolute Gasteiger partial charge is 0.382 e. The van der Waals surface area contributed by atoms with Gasteiger partial charge in [0.25, 0.3) is 5.89 Å². The Morgan fingerprint density at radius 1 is 1.41 bits per heavy atom. The molecule has 0 saturated heterocycles. The highest BCUT2D eigenvalue weighted by molar-refractivity contribution is 5.02. The van der Waals surface area contributed by atoms with E-state index in [4.69, 9.17) is 15.0 Å². The van der Waals surface area contributed by atoms with E-state index >= 15 is 0 Å². The molecular formula is C11H21N3O3. The second-order valence-electron chi connectivity index (χ2n) is 3.84. The minimum absolute atomic E-state index is 0.0571. The van der Waals surface area contributed by atoms with Gasteiger partial charge in [0, 0.05) is 13.2 Å². The van der Waals surface area contributed by atoms with Gasteiger partial charge in [-0.3, -0.25) is 0 Å². The summed E-state index contributed by atoms with van der Waals surface area (Å²) < 4.78 is 10.7. The Hall–Kier alpha value is -0.980. The van der Waals surface area contributed by atoms with Crippen LogP contribution in [0.3, 0.4) is 0 Å². The topological polar surface area (TPSA) is 94.4 Å². The molecule has 0 aromatic carbocycles. The van der Waals surface area contributed by atoms with Gasteiger partial charge < -0.3 is 20.1 Å². The molecule has 0 unspecified atom stereocenters. The molecule has 17 heavy (non-hydrogen) atoms. The Balaban J connectivity index is 2.99. The highest BCUT2D eigenvalue weighted by Crippen LogP contribution is 2.31. The van der Waals surface area contributed by atoms with Crippen molar-refractivity contribution in [3.05, 3.63) is 11.7 Å². The van der Waals surface area contributed by atoms with Crippen LogP contribution in [-0.2, 0) is 10.3 Å². The van der Waals surface area contributed by atoms with Gasteiger partial charge in [-0.1, -0.05) is 19.0 Å². The summed E-state index contributed by atoms with van der Waals surface area (Å²) in [5, 5.41) is 13.4. The van der Waals surface area contributed by atoms with Crippen LogP contribution in [0.2, 0.25) is 0 Å². The van der Waals surface area contributed by atoms with Gasteiger partial charge >= 0.3 is 0 Å². The maximum absolute atomic E-state index is 9.52. The van der Waals surface area contributed by atoms with Crippen LogP contribution in [0.1, 0.15) is 51.4 Å². The van der Waals surface area contributed by atoms with Crippen LogP contribution in [0.25, 0.3) is 0 Å². The van der Waals surface area contributed by atoms with Gasteiger partial charge in [0.15, 0.2) is 0 Å². The molecule has 6 nitrogen and oxygen atoms in total. The Bertz CT molecular complexity index is 336. The van der Waals surface area contributed by atoms with Crippen LogP contribution in [0.4, 0.5) is 0 Å². The summed E-state index contributed by atoms with van der Waals surface area (Å²) in [7, 11) is 0. The molecule has 0 aliphatic rings. The molecule has 1 heterocycles. The van der Waals surface area contributed by atoms with Gasteiger partial charge in [0.05, 0.1) is 0 Å². The van der Waals surface area contributed by atoms with Crippen molar-refractivity contribution in [2.24, 2.45) is 5.73 Å². The van der Waals surface area contributed by atoms with Crippen molar-refractivity contribution in [2.45, 2.75) is 45.3 Å². The summed E-state index contributed by atoms with van der Waals surface area (Å²) in [4.78, 5) is 4.18. The van der Waals surface area contributed by atoms with E-state index in [0.29, 0.717) is 12.4 Å². The lowest BCUT2D eigenvalue weighted by Gasteiger charge is -2.27. The summed E-state index contributed by atoms with van der Waals surface area (Å²) >= 11 is 0. The Morgan fingerprint density at radius 2 is 2.06 bits per heavy atom. The number of aromatic nitrogens is 2. The number of aliphatic hydroxyl groups is 1. The molecule has 1 aromatic rings. The van der Waals surface area contributed by atoms with Crippen LogP contribution < -0.4 is 5.73 Å². The molecule has 1 atom stereocenters.